The number of aryl methyl sites for hydroxylation is 4. The minimum Gasteiger partial charge on any atom is -0.491 e. The van der Waals surface area contributed by atoms with Gasteiger partial charge in [-0.05, 0) is 68.0 Å². The zero-order chi connectivity index (χ0) is 16.2. The first-order valence-corrected chi connectivity index (χ1v) is 8.23. The molecule has 3 rings (SSSR count). The van der Waals surface area contributed by atoms with E-state index in [1.54, 1.807) is 0 Å². The van der Waals surface area contributed by atoms with Crippen LogP contribution < -0.4 is 10.1 Å². The standard InChI is InChI=1S/C20H23NO2/c1-14-6-9-19(15(2)12-14)23-11-10-21-20(22)18-8-7-16-4-3-5-17(16)13-18/h6-9,12-13H,3-5,10-11H2,1-2H3,(H,21,22). The van der Waals surface area contributed by atoms with E-state index in [-0.39, 0.29) is 5.91 Å². The van der Waals surface area contributed by atoms with Crippen LogP contribution in [-0.2, 0) is 12.8 Å². The van der Waals surface area contributed by atoms with Crippen LogP contribution in [0.3, 0.4) is 0 Å². The summed E-state index contributed by atoms with van der Waals surface area (Å²) >= 11 is 0. The molecule has 0 heterocycles. The number of fused-ring (bicyclic) bond motifs is 1. The Labute approximate surface area is 137 Å². The van der Waals surface area contributed by atoms with Crippen LogP contribution in [0.25, 0.3) is 0 Å². The Morgan fingerprint density at radius 1 is 1.09 bits per heavy atom. The van der Waals surface area contributed by atoms with Gasteiger partial charge in [0.25, 0.3) is 5.91 Å². The Morgan fingerprint density at radius 2 is 1.91 bits per heavy atom. The SMILES string of the molecule is Cc1ccc(OCCNC(=O)c2ccc3c(c2)CCC3)c(C)c1. The molecule has 0 saturated heterocycles. The van der Waals surface area contributed by atoms with Crippen molar-refractivity contribution in [3.63, 3.8) is 0 Å². The molecule has 23 heavy (non-hydrogen) atoms. The number of benzene rings is 2. The fourth-order valence-corrected chi connectivity index (χ4v) is 3.10. The third kappa shape index (κ3) is 3.73. The van der Waals surface area contributed by atoms with E-state index < -0.39 is 0 Å². The second-order valence-corrected chi connectivity index (χ2v) is 6.21. The Morgan fingerprint density at radius 3 is 2.74 bits per heavy atom. The second-order valence-electron chi connectivity index (χ2n) is 6.21. The number of hydrogen-bond donors (Lipinski definition) is 1. The number of ether oxygens (including phenoxy) is 1. The summed E-state index contributed by atoms with van der Waals surface area (Å²) in [5.74, 6) is 0.853. The van der Waals surface area contributed by atoms with Gasteiger partial charge in [-0.1, -0.05) is 23.8 Å². The van der Waals surface area contributed by atoms with Crippen LogP contribution in [0.5, 0.6) is 5.75 Å². The summed E-state index contributed by atoms with van der Waals surface area (Å²) in [5.41, 5.74) is 5.80. The number of carbonyl (C=O) groups is 1. The quantitative estimate of drug-likeness (QED) is 0.857. The molecular formula is C20H23NO2. The topological polar surface area (TPSA) is 38.3 Å². The van der Waals surface area contributed by atoms with Crippen molar-refractivity contribution >= 4 is 5.91 Å². The van der Waals surface area contributed by atoms with Crippen molar-refractivity contribution in [3.05, 3.63) is 64.2 Å². The average Bonchev–Trinajstić information content (AvgIpc) is 3.00. The van der Waals surface area contributed by atoms with Gasteiger partial charge in [0.05, 0.1) is 6.54 Å². The highest BCUT2D eigenvalue weighted by Gasteiger charge is 2.13. The maximum absolute atomic E-state index is 12.2. The van der Waals surface area contributed by atoms with E-state index in [1.165, 1.54) is 23.1 Å². The number of hydrogen-bond acceptors (Lipinski definition) is 2. The molecule has 0 aliphatic heterocycles. The lowest BCUT2D eigenvalue weighted by Crippen LogP contribution is -2.28. The summed E-state index contributed by atoms with van der Waals surface area (Å²) in [7, 11) is 0. The van der Waals surface area contributed by atoms with Crippen molar-refractivity contribution in [3.8, 4) is 5.75 Å². The maximum Gasteiger partial charge on any atom is 0.251 e. The molecule has 0 aromatic heterocycles. The van der Waals surface area contributed by atoms with Crippen molar-refractivity contribution in [1.29, 1.82) is 0 Å². The Kier molecular flexibility index (Phi) is 4.65. The van der Waals surface area contributed by atoms with E-state index in [2.05, 4.69) is 24.4 Å². The van der Waals surface area contributed by atoms with Gasteiger partial charge in [0.15, 0.2) is 0 Å². The molecule has 0 radical (unpaired) electrons. The van der Waals surface area contributed by atoms with E-state index in [0.29, 0.717) is 13.2 Å². The number of amides is 1. The van der Waals surface area contributed by atoms with Crippen LogP contribution in [0.2, 0.25) is 0 Å². The van der Waals surface area contributed by atoms with Gasteiger partial charge in [0.1, 0.15) is 12.4 Å². The summed E-state index contributed by atoms with van der Waals surface area (Å²) in [5, 5.41) is 2.93. The van der Waals surface area contributed by atoms with Crippen molar-refractivity contribution in [2.45, 2.75) is 33.1 Å². The van der Waals surface area contributed by atoms with Crippen molar-refractivity contribution in [2.24, 2.45) is 0 Å². The zero-order valence-corrected chi connectivity index (χ0v) is 13.8. The van der Waals surface area contributed by atoms with Crippen LogP contribution in [0, 0.1) is 13.8 Å². The van der Waals surface area contributed by atoms with Gasteiger partial charge >= 0.3 is 0 Å². The summed E-state index contributed by atoms with van der Waals surface area (Å²) in [4.78, 5) is 12.2. The largest absolute Gasteiger partial charge is 0.491 e. The maximum atomic E-state index is 12.2. The first-order chi connectivity index (χ1) is 11.1. The third-order valence-electron chi connectivity index (χ3n) is 4.34. The summed E-state index contributed by atoms with van der Waals surface area (Å²) in [6.45, 7) is 5.07. The van der Waals surface area contributed by atoms with E-state index in [1.807, 2.05) is 31.2 Å². The molecule has 3 heteroatoms. The highest BCUT2D eigenvalue weighted by atomic mass is 16.5. The minimum atomic E-state index is -0.0241. The van der Waals surface area contributed by atoms with Crippen molar-refractivity contribution in [1.82, 2.24) is 5.32 Å². The predicted molar refractivity (Wildman–Crippen MR) is 92.2 cm³/mol. The van der Waals surface area contributed by atoms with E-state index >= 15 is 0 Å². The van der Waals surface area contributed by atoms with Gasteiger partial charge < -0.3 is 10.1 Å². The van der Waals surface area contributed by atoms with Gasteiger partial charge in [-0.2, -0.15) is 0 Å². The van der Waals surface area contributed by atoms with Crippen LogP contribution in [0.1, 0.15) is 39.0 Å². The molecule has 1 N–H and O–H groups in total. The zero-order valence-electron chi connectivity index (χ0n) is 13.8. The first-order valence-electron chi connectivity index (χ1n) is 8.23. The van der Waals surface area contributed by atoms with Gasteiger partial charge in [0, 0.05) is 5.56 Å². The lowest BCUT2D eigenvalue weighted by Gasteiger charge is -2.11. The summed E-state index contributed by atoms with van der Waals surface area (Å²) < 4.78 is 5.74. The van der Waals surface area contributed by atoms with Crippen molar-refractivity contribution < 1.29 is 9.53 Å². The highest BCUT2D eigenvalue weighted by molar-refractivity contribution is 5.94. The molecule has 2 aromatic rings. The third-order valence-corrected chi connectivity index (χ3v) is 4.34. The molecule has 0 spiro atoms. The van der Waals surface area contributed by atoms with Gasteiger partial charge in [-0.15, -0.1) is 0 Å². The van der Waals surface area contributed by atoms with E-state index in [9.17, 15) is 4.79 Å². The Balaban J connectivity index is 1.49. The molecule has 0 saturated carbocycles. The predicted octanol–water partition coefficient (Wildman–Crippen LogP) is 3.60. The minimum absolute atomic E-state index is 0.0241. The second kappa shape index (κ2) is 6.86. The van der Waals surface area contributed by atoms with Crippen molar-refractivity contribution in [2.75, 3.05) is 13.2 Å². The van der Waals surface area contributed by atoms with E-state index in [4.69, 9.17) is 4.74 Å². The van der Waals surface area contributed by atoms with Crippen LogP contribution in [-0.4, -0.2) is 19.1 Å². The molecule has 1 aliphatic carbocycles. The van der Waals surface area contributed by atoms with Crippen LogP contribution in [0.15, 0.2) is 36.4 Å². The molecule has 3 nitrogen and oxygen atoms in total. The summed E-state index contributed by atoms with van der Waals surface area (Å²) in [6, 6.07) is 12.1. The Hall–Kier alpha value is -2.29. The van der Waals surface area contributed by atoms with E-state index in [0.717, 1.165) is 29.7 Å². The molecule has 1 amide bonds. The average molecular weight is 309 g/mol. The molecular weight excluding hydrogens is 286 g/mol. The molecule has 0 atom stereocenters. The molecule has 2 aromatic carbocycles. The fraction of sp³-hybridized carbons (Fsp3) is 0.350. The monoisotopic (exact) mass is 309 g/mol. The first kappa shape index (κ1) is 15.6. The van der Waals surface area contributed by atoms with Gasteiger partial charge in [-0.3, -0.25) is 4.79 Å². The number of nitrogens with one attached hydrogen (secondary N) is 1. The van der Waals surface area contributed by atoms with Crippen LogP contribution >= 0.6 is 0 Å². The molecule has 0 unspecified atom stereocenters. The van der Waals surface area contributed by atoms with Gasteiger partial charge in [0.2, 0.25) is 0 Å². The normalized spacial score (nSPS) is 12.8. The number of rotatable bonds is 5. The van der Waals surface area contributed by atoms with Crippen LogP contribution in [0.4, 0.5) is 0 Å². The molecule has 1 aliphatic rings. The van der Waals surface area contributed by atoms with Gasteiger partial charge in [-0.25, -0.2) is 0 Å². The molecule has 0 fully saturated rings. The molecule has 0 bridgehead atoms. The molecule has 120 valence electrons. The number of carbonyl (C=O) groups excluding carboxylic acids is 1. The summed E-state index contributed by atoms with van der Waals surface area (Å²) in [6.07, 6.45) is 3.43. The smallest absolute Gasteiger partial charge is 0.251 e. The lowest BCUT2D eigenvalue weighted by atomic mass is 10.1. The highest BCUT2D eigenvalue weighted by Crippen LogP contribution is 2.22. The Bertz CT molecular complexity index is 722. The fourth-order valence-electron chi connectivity index (χ4n) is 3.10. The lowest BCUT2D eigenvalue weighted by molar-refractivity contribution is 0.0947.